The second-order valence-electron chi connectivity index (χ2n) is 4.16. The molecule has 4 nitrogen and oxygen atoms in total. The van der Waals surface area contributed by atoms with Crippen molar-refractivity contribution in [3.63, 3.8) is 0 Å². The molecule has 0 radical (unpaired) electrons. The van der Waals surface area contributed by atoms with Crippen molar-refractivity contribution < 1.29 is 0 Å². The molecule has 3 heterocycles. The fourth-order valence-corrected chi connectivity index (χ4v) is 3.72. The molecule has 0 aromatic carbocycles. The highest BCUT2D eigenvalue weighted by atomic mass is 32.1. The van der Waals surface area contributed by atoms with E-state index in [4.69, 9.17) is 0 Å². The summed E-state index contributed by atoms with van der Waals surface area (Å²) in [6.07, 6.45) is 8.33. The molecule has 3 aromatic heterocycles. The summed E-state index contributed by atoms with van der Waals surface area (Å²) in [5.74, 6) is 0. The lowest BCUT2D eigenvalue weighted by atomic mass is 9.97. The van der Waals surface area contributed by atoms with Gasteiger partial charge >= 0.3 is 0 Å². The summed E-state index contributed by atoms with van der Waals surface area (Å²) in [6.45, 7) is 0. The van der Waals surface area contributed by atoms with E-state index in [1.807, 2.05) is 11.3 Å². The van der Waals surface area contributed by atoms with Gasteiger partial charge in [0.05, 0.1) is 5.39 Å². The third kappa shape index (κ3) is 1.01. The number of fused-ring (bicyclic) bond motifs is 5. The van der Waals surface area contributed by atoms with E-state index in [9.17, 15) is 0 Å². The Hall–Kier alpha value is -1.49. The Morgan fingerprint density at radius 3 is 3.12 bits per heavy atom. The zero-order chi connectivity index (χ0) is 10.5. The van der Waals surface area contributed by atoms with Crippen LogP contribution in [-0.4, -0.2) is 19.6 Å². The lowest BCUT2D eigenvalue weighted by Gasteiger charge is -2.09. The first-order valence-electron chi connectivity index (χ1n) is 5.52. The first-order chi connectivity index (χ1) is 7.93. The first kappa shape index (κ1) is 8.64. The van der Waals surface area contributed by atoms with Gasteiger partial charge in [-0.15, -0.1) is 11.3 Å². The van der Waals surface area contributed by atoms with Crippen LogP contribution in [0.5, 0.6) is 0 Å². The zero-order valence-corrected chi connectivity index (χ0v) is 9.50. The number of thiophene rings is 1. The number of aromatic nitrogens is 4. The van der Waals surface area contributed by atoms with Gasteiger partial charge in [0.15, 0.2) is 5.65 Å². The molecule has 0 saturated heterocycles. The number of nitrogens with zero attached hydrogens (tertiary/aromatic N) is 4. The van der Waals surface area contributed by atoms with Crippen LogP contribution in [0.2, 0.25) is 0 Å². The quantitative estimate of drug-likeness (QED) is 0.594. The smallest absolute Gasteiger partial charge is 0.167 e. The van der Waals surface area contributed by atoms with Crippen LogP contribution in [0.3, 0.4) is 0 Å². The molecule has 1 aliphatic rings. The molecule has 4 rings (SSSR count). The van der Waals surface area contributed by atoms with Crippen LogP contribution in [0.25, 0.3) is 15.9 Å². The fraction of sp³-hybridized carbons (Fsp3) is 0.364. The van der Waals surface area contributed by atoms with Crippen LogP contribution >= 0.6 is 11.3 Å². The number of hydrogen-bond donors (Lipinski definition) is 0. The number of hydrogen-bond acceptors (Lipinski definition) is 4. The van der Waals surface area contributed by atoms with Gasteiger partial charge < -0.3 is 0 Å². The van der Waals surface area contributed by atoms with Crippen LogP contribution in [0.1, 0.15) is 23.3 Å². The van der Waals surface area contributed by atoms with Crippen molar-refractivity contribution in [1.82, 2.24) is 19.6 Å². The van der Waals surface area contributed by atoms with E-state index in [-0.39, 0.29) is 0 Å². The van der Waals surface area contributed by atoms with E-state index in [2.05, 4.69) is 15.1 Å². The summed E-state index contributed by atoms with van der Waals surface area (Å²) in [4.78, 5) is 11.4. The molecule has 80 valence electrons. The summed E-state index contributed by atoms with van der Waals surface area (Å²) in [5.41, 5.74) is 2.43. The molecular formula is C11H10N4S. The molecule has 3 aromatic rings. The molecule has 0 amide bonds. The molecule has 0 bridgehead atoms. The Labute approximate surface area is 96.0 Å². The summed E-state index contributed by atoms with van der Waals surface area (Å²) >= 11 is 1.83. The van der Waals surface area contributed by atoms with E-state index in [0.717, 1.165) is 10.5 Å². The molecule has 0 N–H and O–H groups in total. The zero-order valence-electron chi connectivity index (χ0n) is 8.68. The number of aryl methyl sites for hydroxylation is 2. The molecule has 0 saturated carbocycles. The lowest BCUT2D eigenvalue weighted by Crippen LogP contribution is -1.99. The molecular weight excluding hydrogens is 220 g/mol. The van der Waals surface area contributed by atoms with E-state index >= 15 is 0 Å². The molecule has 16 heavy (non-hydrogen) atoms. The van der Waals surface area contributed by atoms with Gasteiger partial charge in [-0.3, -0.25) is 0 Å². The average Bonchev–Trinajstić information content (AvgIpc) is 2.91. The van der Waals surface area contributed by atoms with Crippen molar-refractivity contribution in [1.29, 1.82) is 0 Å². The van der Waals surface area contributed by atoms with Crippen molar-refractivity contribution in [2.75, 3.05) is 0 Å². The highest BCUT2D eigenvalue weighted by Gasteiger charge is 2.19. The van der Waals surface area contributed by atoms with E-state index in [1.165, 1.54) is 41.5 Å². The van der Waals surface area contributed by atoms with Gasteiger partial charge in [0.2, 0.25) is 0 Å². The largest absolute Gasteiger partial charge is 0.225 e. The number of rotatable bonds is 0. The standard InChI is InChI=1S/C11H10N4S/c1-2-4-8-7(3-1)9-10-12-5-14-15(10)6-13-11(9)16-8/h5-6H,1-4H2. The minimum absolute atomic E-state index is 0.962. The molecule has 0 atom stereocenters. The van der Waals surface area contributed by atoms with Gasteiger partial charge in [-0.2, -0.15) is 5.10 Å². The average molecular weight is 230 g/mol. The highest BCUT2D eigenvalue weighted by Crippen LogP contribution is 2.36. The Balaban J connectivity index is 2.21. The Morgan fingerprint density at radius 1 is 1.19 bits per heavy atom. The van der Waals surface area contributed by atoms with Gasteiger partial charge in [0, 0.05) is 4.88 Å². The third-order valence-corrected chi connectivity index (χ3v) is 4.43. The van der Waals surface area contributed by atoms with Crippen LogP contribution < -0.4 is 0 Å². The SMILES string of the molecule is c1nc2c3c4c(sc3ncn2n1)CCCC4. The Kier molecular flexibility index (Phi) is 1.62. The van der Waals surface area contributed by atoms with Gasteiger partial charge in [-0.25, -0.2) is 14.5 Å². The summed E-state index contributed by atoms with van der Waals surface area (Å²) in [6, 6.07) is 0. The monoisotopic (exact) mass is 230 g/mol. The molecule has 1 aliphatic carbocycles. The van der Waals surface area contributed by atoms with E-state index in [1.54, 1.807) is 17.2 Å². The predicted octanol–water partition coefficient (Wildman–Crippen LogP) is 2.22. The lowest BCUT2D eigenvalue weighted by molar-refractivity contribution is 0.700. The van der Waals surface area contributed by atoms with Gasteiger partial charge in [-0.05, 0) is 31.2 Å². The van der Waals surface area contributed by atoms with Gasteiger partial charge in [0.25, 0.3) is 0 Å². The summed E-state index contributed by atoms with van der Waals surface area (Å²) in [5, 5.41) is 5.38. The van der Waals surface area contributed by atoms with Crippen molar-refractivity contribution in [2.45, 2.75) is 25.7 Å². The third-order valence-electron chi connectivity index (χ3n) is 3.23. The van der Waals surface area contributed by atoms with Gasteiger partial charge in [0.1, 0.15) is 17.5 Å². The summed E-state index contributed by atoms with van der Waals surface area (Å²) < 4.78 is 1.77. The molecule has 5 heteroatoms. The van der Waals surface area contributed by atoms with E-state index < -0.39 is 0 Å². The molecule has 0 fully saturated rings. The topological polar surface area (TPSA) is 43.1 Å². The molecule has 0 aliphatic heterocycles. The van der Waals surface area contributed by atoms with Crippen LogP contribution in [-0.2, 0) is 12.8 Å². The second-order valence-corrected chi connectivity index (χ2v) is 5.25. The van der Waals surface area contributed by atoms with Crippen molar-refractivity contribution in [2.24, 2.45) is 0 Å². The maximum Gasteiger partial charge on any atom is 0.167 e. The fourth-order valence-electron chi connectivity index (χ4n) is 2.49. The molecule has 0 unspecified atom stereocenters. The van der Waals surface area contributed by atoms with Gasteiger partial charge in [-0.1, -0.05) is 0 Å². The minimum Gasteiger partial charge on any atom is -0.225 e. The Morgan fingerprint density at radius 2 is 2.12 bits per heavy atom. The highest BCUT2D eigenvalue weighted by molar-refractivity contribution is 7.19. The van der Waals surface area contributed by atoms with Crippen molar-refractivity contribution in [3.8, 4) is 0 Å². The van der Waals surface area contributed by atoms with Crippen LogP contribution in [0.4, 0.5) is 0 Å². The van der Waals surface area contributed by atoms with Crippen LogP contribution in [0.15, 0.2) is 12.7 Å². The van der Waals surface area contributed by atoms with Crippen molar-refractivity contribution >= 4 is 27.2 Å². The van der Waals surface area contributed by atoms with Crippen molar-refractivity contribution in [3.05, 3.63) is 23.1 Å². The minimum atomic E-state index is 0.962. The Bertz CT molecular complexity index is 682. The predicted molar refractivity (Wildman–Crippen MR) is 62.8 cm³/mol. The second kappa shape index (κ2) is 3.01. The van der Waals surface area contributed by atoms with E-state index in [0.29, 0.717) is 0 Å². The maximum absolute atomic E-state index is 4.47. The van der Waals surface area contributed by atoms with Crippen LogP contribution in [0, 0.1) is 0 Å². The maximum atomic E-state index is 4.47. The normalized spacial score (nSPS) is 15.8. The summed E-state index contributed by atoms with van der Waals surface area (Å²) in [7, 11) is 0. The first-order valence-corrected chi connectivity index (χ1v) is 6.34. The molecule has 0 spiro atoms.